The lowest BCUT2D eigenvalue weighted by Crippen LogP contribution is -2.39. The fourth-order valence-electron chi connectivity index (χ4n) is 3.88. The number of ether oxygens (including phenoxy) is 2. The van der Waals surface area contributed by atoms with Crippen molar-refractivity contribution in [3.63, 3.8) is 0 Å². The van der Waals surface area contributed by atoms with Crippen LogP contribution >= 0.6 is 0 Å². The summed E-state index contributed by atoms with van der Waals surface area (Å²) in [4.78, 5) is 12.8. The molecule has 3 atom stereocenters. The van der Waals surface area contributed by atoms with Crippen LogP contribution in [0.4, 0.5) is 4.39 Å². The van der Waals surface area contributed by atoms with Crippen LogP contribution in [0.25, 0.3) is 0 Å². The Kier molecular flexibility index (Phi) is 8.62. The zero-order valence-electron chi connectivity index (χ0n) is 17.8. The van der Waals surface area contributed by atoms with Gasteiger partial charge < -0.3 is 19.9 Å². The quantitative estimate of drug-likeness (QED) is 0.603. The first kappa shape index (κ1) is 23.0. The molecule has 0 saturated carbocycles. The smallest absolute Gasteiger partial charge is 0.286 e. The molecule has 2 aromatic carbocycles. The summed E-state index contributed by atoms with van der Waals surface area (Å²) in [5.74, 6) is -0.403. The Morgan fingerprint density at radius 1 is 1.16 bits per heavy atom. The predicted octanol–water partition coefficient (Wildman–Crippen LogP) is 3.93. The number of aliphatic hydroxyl groups excluding tert-OH is 1. The molecule has 0 unspecified atom stereocenters. The third-order valence-electron chi connectivity index (χ3n) is 5.43. The maximum absolute atomic E-state index is 13.0. The summed E-state index contributed by atoms with van der Waals surface area (Å²) >= 11 is 0. The number of allylic oxidation sites excluding steroid dienone is 1. The van der Waals surface area contributed by atoms with Crippen LogP contribution in [-0.4, -0.2) is 37.1 Å². The summed E-state index contributed by atoms with van der Waals surface area (Å²) in [6.45, 7) is 2.86. The summed E-state index contributed by atoms with van der Waals surface area (Å²) in [5.41, 5.74) is 2.02. The molecule has 5 nitrogen and oxygen atoms in total. The van der Waals surface area contributed by atoms with Crippen LogP contribution in [0.1, 0.15) is 36.8 Å². The van der Waals surface area contributed by atoms with Crippen LogP contribution < -0.4 is 5.32 Å². The van der Waals surface area contributed by atoms with Gasteiger partial charge in [0.1, 0.15) is 5.82 Å². The van der Waals surface area contributed by atoms with Crippen molar-refractivity contribution < 1.29 is 23.8 Å². The molecule has 0 saturated heterocycles. The van der Waals surface area contributed by atoms with Gasteiger partial charge in [-0.15, -0.1) is 0 Å². The van der Waals surface area contributed by atoms with Crippen molar-refractivity contribution in [2.75, 3.05) is 19.8 Å². The number of nitrogens with one attached hydrogen (secondary N) is 1. The first-order valence-electron chi connectivity index (χ1n) is 10.8. The van der Waals surface area contributed by atoms with Gasteiger partial charge in [-0.25, -0.2) is 4.39 Å². The van der Waals surface area contributed by atoms with E-state index >= 15 is 0 Å². The van der Waals surface area contributed by atoms with E-state index in [1.807, 2.05) is 43.3 Å². The lowest BCUT2D eigenvalue weighted by molar-refractivity contribution is -0.166. The van der Waals surface area contributed by atoms with Gasteiger partial charge >= 0.3 is 0 Å². The Bertz CT molecular complexity index is 854. The summed E-state index contributed by atoms with van der Waals surface area (Å²) in [6, 6.07) is 16.2. The third-order valence-corrected chi connectivity index (χ3v) is 5.43. The number of amides is 1. The number of carbonyl (C=O) groups is 1. The molecule has 3 rings (SSSR count). The fourth-order valence-corrected chi connectivity index (χ4v) is 3.88. The Morgan fingerprint density at radius 2 is 1.90 bits per heavy atom. The molecule has 2 aromatic rings. The first-order valence-corrected chi connectivity index (χ1v) is 10.8. The van der Waals surface area contributed by atoms with E-state index in [0.29, 0.717) is 26.0 Å². The largest absolute Gasteiger partial charge is 0.459 e. The highest BCUT2D eigenvalue weighted by molar-refractivity contribution is 5.91. The standard InChI is InChI=1S/C25H30FNO4/c1-2-30-25-21(9-6-16-28)22(19-7-4-3-5-8-19)17-23(31-25)24(29)27-15-14-18-10-12-20(26)13-11-18/h3-5,7-8,10-13,17,21-22,25,28H,2,6,9,14-16H2,1H3,(H,27,29)/t21-,22+,25+/m1/s1. The molecule has 1 amide bonds. The van der Waals surface area contributed by atoms with Crippen LogP contribution in [0.15, 0.2) is 66.4 Å². The van der Waals surface area contributed by atoms with E-state index in [0.717, 1.165) is 17.5 Å². The summed E-state index contributed by atoms with van der Waals surface area (Å²) in [5, 5.41) is 12.2. The van der Waals surface area contributed by atoms with E-state index in [-0.39, 0.29) is 35.9 Å². The number of benzene rings is 2. The van der Waals surface area contributed by atoms with Gasteiger partial charge in [-0.05, 0) is 55.5 Å². The summed E-state index contributed by atoms with van der Waals surface area (Å²) in [7, 11) is 0. The molecular weight excluding hydrogens is 397 g/mol. The van der Waals surface area contributed by atoms with Crippen LogP contribution in [0.5, 0.6) is 0 Å². The Hall–Kier alpha value is -2.70. The number of carbonyl (C=O) groups excluding carboxylic acids is 1. The molecule has 0 bridgehead atoms. The van der Waals surface area contributed by atoms with Crippen molar-refractivity contribution in [1.29, 1.82) is 0 Å². The number of halogens is 1. The van der Waals surface area contributed by atoms with Crippen molar-refractivity contribution in [3.05, 3.63) is 83.4 Å². The Morgan fingerprint density at radius 3 is 2.58 bits per heavy atom. The van der Waals surface area contributed by atoms with Crippen LogP contribution in [0.3, 0.4) is 0 Å². The molecule has 6 heteroatoms. The fraction of sp³-hybridized carbons (Fsp3) is 0.400. The SMILES string of the molecule is CCO[C@H]1OC(C(=O)NCCc2ccc(F)cc2)=C[C@@H](c2ccccc2)[C@H]1CCCO. The van der Waals surface area contributed by atoms with Crippen molar-refractivity contribution in [3.8, 4) is 0 Å². The van der Waals surface area contributed by atoms with E-state index in [1.54, 1.807) is 12.1 Å². The first-order chi connectivity index (χ1) is 15.1. The van der Waals surface area contributed by atoms with Crippen molar-refractivity contribution >= 4 is 5.91 Å². The van der Waals surface area contributed by atoms with E-state index in [1.165, 1.54) is 12.1 Å². The Labute approximate surface area is 182 Å². The highest BCUT2D eigenvalue weighted by atomic mass is 19.1. The van der Waals surface area contributed by atoms with E-state index in [9.17, 15) is 14.3 Å². The van der Waals surface area contributed by atoms with Gasteiger partial charge in [0.15, 0.2) is 5.76 Å². The third kappa shape index (κ3) is 6.39. The van der Waals surface area contributed by atoms with E-state index in [4.69, 9.17) is 9.47 Å². The molecular formula is C25H30FNO4. The molecule has 0 radical (unpaired) electrons. The van der Waals surface area contributed by atoms with Crippen molar-refractivity contribution in [1.82, 2.24) is 5.32 Å². The number of aliphatic hydroxyl groups is 1. The highest BCUT2D eigenvalue weighted by Gasteiger charge is 2.37. The normalized spacial score (nSPS) is 20.6. The minimum atomic E-state index is -0.565. The molecule has 166 valence electrons. The van der Waals surface area contributed by atoms with Crippen LogP contribution in [0.2, 0.25) is 0 Å². The minimum absolute atomic E-state index is 0.00901. The topological polar surface area (TPSA) is 67.8 Å². The van der Waals surface area contributed by atoms with Crippen LogP contribution in [-0.2, 0) is 20.7 Å². The average molecular weight is 428 g/mol. The van der Waals surface area contributed by atoms with Crippen LogP contribution in [0, 0.1) is 11.7 Å². The van der Waals surface area contributed by atoms with Gasteiger partial charge in [0.2, 0.25) is 6.29 Å². The minimum Gasteiger partial charge on any atom is -0.459 e. The second-order valence-corrected chi connectivity index (χ2v) is 7.57. The zero-order chi connectivity index (χ0) is 22.1. The second kappa shape index (κ2) is 11.6. The number of rotatable bonds is 10. The van der Waals surface area contributed by atoms with Crippen molar-refractivity contribution in [2.24, 2.45) is 5.92 Å². The highest BCUT2D eigenvalue weighted by Crippen LogP contribution is 2.39. The molecule has 2 N–H and O–H groups in total. The van der Waals surface area contributed by atoms with E-state index in [2.05, 4.69) is 5.32 Å². The van der Waals surface area contributed by atoms with Gasteiger partial charge in [-0.3, -0.25) is 4.79 Å². The zero-order valence-corrected chi connectivity index (χ0v) is 17.8. The molecule has 0 spiro atoms. The summed E-state index contributed by atoms with van der Waals surface area (Å²) in [6.07, 6.45) is 3.24. The average Bonchev–Trinajstić information content (AvgIpc) is 2.80. The molecule has 1 aliphatic rings. The van der Waals surface area contributed by atoms with Crippen molar-refractivity contribution in [2.45, 2.75) is 38.4 Å². The molecule has 0 aliphatic carbocycles. The predicted molar refractivity (Wildman–Crippen MR) is 117 cm³/mol. The van der Waals surface area contributed by atoms with E-state index < -0.39 is 6.29 Å². The lowest BCUT2D eigenvalue weighted by atomic mass is 9.80. The molecule has 0 fully saturated rings. The molecule has 1 aliphatic heterocycles. The second-order valence-electron chi connectivity index (χ2n) is 7.57. The molecule has 31 heavy (non-hydrogen) atoms. The molecule has 1 heterocycles. The maximum Gasteiger partial charge on any atom is 0.286 e. The van der Waals surface area contributed by atoms with Gasteiger partial charge in [0, 0.05) is 31.6 Å². The maximum atomic E-state index is 13.0. The Balaban J connectivity index is 1.74. The molecule has 0 aromatic heterocycles. The lowest BCUT2D eigenvalue weighted by Gasteiger charge is -2.37. The number of hydrogen-bond acceptors (Lipinski definition) is 4. The number of hydrogen-bond donors (Lipinski definition) is 2. The summed E-state index contributed by atoms with van der Waals surface area (Å²) < 4.78 is 24.9. The van der Waals surface area contributed by atoms with Gasteiger partial charge in [0.05, 0.1) is 0 Å². The van der Waals surface area contributed by atoms with Gasteiger partial charge in [-0.1, -0.05) is 42.5 Å². The monoisotopic (exact) mass is 427 g/mol. The van der Waals surface area contributed by atoms with Gasteiger partial charge in [0.25, 0.3) is 5.91 Å². The van der Waals surface area contributed by atoms with Gasteiger partial charge in [-0.2, -0.15) is 0 Å².